The summed E-state index contributed by atoms with van der Waals surface area (Å²) in [4.78, 5) is 17.4. The van der Waals surface area contributed by atoms with Gasteiger partial charge in [-0.05, 0) is 64.0 Å². The van der Waals surface area contributed by atoms with Crippen LogP contribution >= 0.6 is 0 Å². The normalized spacial score (nSPS) is 23.9. The van der Waals surface area contributed by atoms with Crippen LogP contribution < -0.4 is 4.90 Å². The van der Waals surface area contributed by atoms with Crippen molar-refractivity contribution in [2.75, 3.05) is 45.2 Å². The highest BCUT2D eigenvalue weighted by Gasteiger charge is 2.35. The van der Waals surface area contributed by atoms with Crippen molar-refractivity contribution in [1.82, 2.24) is 24.2 Å². The van der Waals surface area contributed by atoms with Crippen LogP contribution in [-0.2, 0) is 0 Å². The molecule has 3 aromatic rings. The molecule has 0 bridgehead atoms. The summed E-state index contributed by atoms with van der Waals surface area (Å²) in [6.07, 6.45) is 7.60. The lowest BCUT2D eigenvalue weighted by atomic mass is 9.90. The van der Waals surface area contributed by atoms with E-state index < -0.39 is 0 Å². The molecule has 0 saturated carbocycles. The van der Waals surface area contributed by atoms with Crippen LogP contribution in [-0.4, -0.2) is 64.4 Å². The zero-order valence-electron chi connectivity index (χ0n) is 18.3. The van der Waals surface area contributed by atoms with Gasteiger partial charge in [-0.2, -0.15) is 0 Å². The summed E-state index contributed by atoms with van der Waals surface area (Å²) in [5.41, 5.74) is 4.77. The number of aryl methyl sites for hydroxylation is 1. The predicted octanol–water partition coefficient (Wildman–Crippen LogP) is 3.69. The van der Waals surface area contributed by atoms with Gasteiger partial charge in [0.1, 0.15) is 17.2 Å². The number of rotatable bonds is 3. The number of nitrogens with zero attached hydrogens (tertiary/aromatic N) is 6. The Hall–Kier alpha value is -2.44. The first kappa shape index (κ1) is 19.5. The molecular formula is C24H32N6. The monoisotopic (exact) mass is 404 g/mol. The number of likely N-dealkylation sites (tertiary alicyclic amines) is 1. The standard InChI is InChI=1S/C24H32N6/c1-18-8-7-12-25-22(18)19-9-6-10-20(28(19)3)23-24(29-16-14-27(2)15-17-29)30-13-5-4-11-21(30)26-23/h4-5,7-8,11-13,19-20H,6,9-10,14-17H2,1-3H3/t19-,20+/m0/s1. The molecule has 0 N–H and O–H groups in total. The summed E-state index contributed by atoms with van der Waals surface area (Å²) >= 11 is 0. The Morgan fingerprint density at radius 1 is 0.900 bits per heavy atom. The van der Waals surface area contributed by atoms with E-state index in [9.17, 15) is 0 Å². The minimum absolute atomic E-state index is 0.305. The molecule has 2 fully saturated rings. The number of anilines is 1. The maximum atomic E-state index is 5.18. The molecule has 6 nitrogen and oxygen atoms in total. The van der Waals surface area contributed by atoms with E-state index >= 15 is 0 Å². The van der Waals surface area contributed by atoms with Crippen molar-refractivity contribution in [3.8, 4) is 0 Å². The molecule has 5 rings (SSSR count). The Labute approximate surface area is 179 Å². The van der Waals surface area contributed by atoms with E-state index in [0.29, 0.717) is 12.1 Å². The molecular weight excluding hydrogens is 372 g/mol. The highest BCUT2D eigenvalue weighted by molar-refractivity contribution is 5.58. The van der Waals surface area contributed by atoms with Gasteiger partial charge in [0.15, 0.2) is 0 Å². The summed E-state index contributed by atoms with van der Waals surface area (Å²) < 4.78 is 2.30. The zero-order chi connectivity index (χ0) is 20.7. The molecule has 0 spiro atoms. The third kappa shape index (κ3) is 3.38. The molecule has 0 amide bonds. The van der Waals surface area contributed by atoms with Crippen molar-refractivity contribution in [3.63, 3.8) is 0 Å². The Kier molecular flexibility index (Phi) is 5.21. The largest absolute Gasteiger partial charge is 0.354 e. The maximum absolute atomic E-state index is 5.18. The molecule has 0 radical (unpaired) electrons. The van der Waals surface area contributed by atoms with Crippen LogP contribution in [0.25, 0.3) is 5.65 Å². The fourth-order valence-corrected chi connectivity index (χ4v) is 5.19. The summed E-state index contributed by atoms with van der Waals surface area (Å²) in [5, 5.41) is 0. The van der Waals surface area contributed by atoms with Gasteiger partial charge >= 0.3 is 0 Å². The summed E-state index contributed by atoms with van der Waals surface area (Å²) in [5.74, 6) is 1.29. The highest BCUT2D eigenvalue weighted by atomic mass is 15.3. The molecule has 3 aromatic heterocycles. The second kappa shape index (κ2) is 8.00. The van der Waals surface area contributed by atoms with E-state index in [1.807, 2.05) is 12.3 Å². The smallest absolute Gasteiger partial charge is 0.138 e. The lowest BCUT2D eigenvalue weighted by Gasteiger charge is -2.41. The number of fused-ring (bicyclic) bond motifs is 1. The van der Waals surface area contributed by atoms with Gasteiger partial charge in [0.2, 0.25) is 0 Å². The average Bonchev–Trinajstić information content (AvgIpc) is 3.14. The van der Waals surface area contributed by atoms with Gasteiger partial charge in [0.25, 0.3) is 0 Å². The molecule has 2 aliphatic heterocycles. The first-order chi connectivity index (χ1) is 14.6. The molecule has 30 heavy (non-hydrogen) atoms. The third-order valence-electron chi connectivity index (χ3n) is 6.95. The van der Waals surface area contributed by atoms with E-state index in [2.05, 4.69) is 70.6 Å². The first-order valence-electron chi connectivity index (χ1n) is 11.2. The molecule has 158 valence electrons. The lowest BCUT2D eigenvalue weighted by molar-refractivity contribution is 0.109. The van der Waals surface area contributed by atoms with Gasteiger partial charge in [0.05, 0.1) is 17.8 Å². The number of hydrogen-bond acceptors (Lipinski definition) is 5. The van der Waals surface area contributed by atoms with Gasteiger partial charge in [-0.15, -0.1) is 0 Å². The van der Waals surface area contributed by atoms with E-state index in [4.69, 9.17) is 9.97 Å². The number of hydrogen-bond donors (Lipinski definition) is 0. The van der Waals surface area contributed by atoms with E-state index in [1.54, 1.807) is 0 Å². The third-order valence-corrected chi connectivity index (χ3v) is 6.95. The second-order valence-electron chi connectivity index (χ2n) is 8.87. The number of pyridine rings is 2. The van der Waals surface area contributed by atoms with Crippen LogP contribution in [0, 0.1) is 6.92 Å². The van der Waals surface area contributed by atoms with Crippen molar-refractivity contribution in [3.05, 3.63) is 59.7 Å². The number of imidazole rings is 1. The quantitative estimate of drug-likeness (QED) is 0.666. The Balaban J connectivity index is 1.55. The molecule has 5 heterocycles. The van der Waals surface area contributed by atoms with Crippen molar-refractivity contribution in [2.45, 2.75) is 38.3 Å². The topological polar surface area (TPSA) is 39.9 Å². The molecule has 6 heteroatoms. The maximum Gasteiger partial charge on any atom is 0.138 e. The van der Waals surface area contributed by atoms with Gasteiger partial charge in [-0.1, -0.05) is 12.1 Å². The summed E-state index contributed by atoms with van der Waals surface area (Å²) in [6.45, 7) is 6.46. The fraction of sp³-hybridized carbons (Fsp3) is 0.500. The summed E-state index contributed by atoms with van der Waals surface area (Å²) in [7, 11) is 4.47. The van der Waals surface area contributed by atoms with Gasteiger partial charge in [-0.3, -0.25) is 14.3 Å². The summed E-state index contributed by atoms with van der Waals surface area (Å²) in [6, 6.07) is 11.2. The van der Waals surface area contributed by atoms with Crippen molar-refractivity contribution in [1.29, 1.82) is 0 Å². The molecule has 2 aliphatic rings. The first-order valence-corrected chi connectivity index (χ1v) is 11.2. The molecule has 0 aromatic carbocycles. The molecule has 0 aliphatic carbocycles. The molecule has 2 saturated heterocycles. The van der Waals surface area contributed by atoms with Crippen LogP contribution in [0.15, 0.2) is 42.7 Å². The van der Waals surface area contributed by atoms with Crippen LogP contribution in [0.2, 0.25) is 0 Å². The fourth-order valence-electron chi connectivity index (χ4n) is 5.19. The highest BCUT2D eigenvalue weighted by Crippen LogP contribution is 2.43. The Morgan fingerprint density at radius 3 is 2.43 bits per heavy atom. The Morgan fingerprint density at radius 2 is 1.67 bits per heavy atom. The SMILES string of the molecule is Cc1cccnc1[C@@H]1CCC[C@H](c2nc3ccccn3c2N2CCN(C)CC2)N1C. The molecule has 0 unspecified atom stereocenters. The van der Waals surface area contributed by atoms with Crippen LogP contribution in [0.1, 0.15) is 48.3 Å². The Bertz CT molecular complexity index is 1020. The number of piperidine rings is 1. The minimum Gasteiger partial charge on any atom is -0.354 e. The predicted molar refractivity (Wildman–Crippen MR) is 121 cm³/mol. The van der Waals surface area contributed by atoms with Gasteiger partial charge in [0, 0.05) is 38.6 Å². The number of piperazine rings is 1. The zero-order valence-corrected chi connectivity index (χ0v) is 18.3. The molecule has 2 atom stereocenters. The van der Waals surface area contributed by atoms with Crippen molar-refractivity contribution >= 4 is 11.5 Å². The van der Waals surface area contributed by atoms with Gasteiger partial charge < -0.3 is 9.80 Å². The van der Waals surface area contributed by atoms with Crippen molar-refractivity contribution < 1.29 is 0 Å². The van der Waals surface area contributed by atoms with E-state index in [1.165, 1.54) is 29.2 Å². The van der Waals surface area contributed by atoms with Crippen LogP contribution in [0.4, 0.5) is 5.82 Å². The van der Waals surface area contributed by atoms with Crippen LogP contribution in [0.3, 0.4) is 0 Å². The van der Waals surface area contributed by atoms with Gasteiger partial charge in [-0.25, -0.2) is 4.98 Å². The van der Waals surface area contributed by atoms with E-state index in [-0.39, 0.29) is 0 Å². The average molecular weight is 405 g/mol. The minimum atomic E-state index is 0.305. The van der Waals surface area contributed by atoms with E-state index in [0.717, 1.165) is 44.7 Å². The van der Waals surface area contributed by atoms with Crippen LogP contribution in [0.5, 0.6) is 0 Å². The number of aromatic nitrogens is 3. The lowest BCUT2D eigenvalue weighted by Crippen LogP contribution is -2.45. The number of likely N-dealkylation sites (N-methyl/N-ethyl adjacent to an activating group) is 1. The second-order valence-corrected chi connectivity index (χ2v) is 8.87. The van der Waals surface area contributed by atoms with Crippen molar-refractivity contribution in [2.24, 2.45) is 0 Å².